The summed E-state index contributed by atoms with van der Waals surface area (Å²) in [5, 5.41) is 8.87. The quantitative estimate of drug-likeness (QED) is 0.764. The fourth-order valence-electron chi connectivity index (χ4n) is 2.43. The molecule has 1 saturated heterocycles. The highest BCUT2D eigenvalue weighted by Crippen LogP contribution is 2.30. The van der Waals surface area contributed by atoms with Crippen molar-refractivity contribution in [2.45, 2.75) is 31.7 Å². The Morgan fingerprint density at radius 2 is 2.00 bits per heavy atom. The van der Waals surface area contributed by atoms with Crippen LogP contribution in [0.2, 0.25) is 0 Å². The molecule has 0 aromatic heterocycles. The molecule has 1 aliphatic carbocycles. The minimum Gasteiger partial charge on any atom is -0.481 e. The SMILES string of the molecule is CN1CCN(C(=O)C2CCC2)C(CC(=O)O)C1=O. The van der Waals surface area contributed by atoms with E-state index in [1.807, 2.05) is 0 Å². The second-order valence-corrected chi connectivity index (χ2v) is 5.03. The summed E-state index contributed by atoms with van der Waals surface area (Å²) >= 11 is 0. The molecule has 1 atom stereocenters. The summed E-state index contributed by atoms with van der Waals surface area (Å²) < 4.78 is 0. The van der Waals surface area contributed by atoms with Crippen molar-refractivity contribution in [2.24, 2.45) is 5.92 Å². The average molecular weight is 254 g/mol. The van der Waals surface area contributed by atoms with Gasteiger partial charge in [0.1, 0.15) is 6.04 Å². The third-order valence-electron chi connectivity index (χ3n) is 3.82. The van der Waals surface area contributed by atoms with E-state index in [1.54, 1.807) is 7.05 Å². The number of aliphatic carboxylic acids is 1. The van der Waals surface area contributed by atoms with Crippen molar-refractivity contribution in [3.05, 3.63) is 0 Å². The number of nitrogens with zero attached hydrogens (tertiary/aromatic N) is 2. The number of likely N-dealkylation sites (N-methyl/N-ethyl adjacent to an activating group) is 1. The number of carbonyl (C=O) groups is 3. The molecule has 0 aromatic rings. The Hall–Kier alpha value is -1.59. The molecule has 1 heterocycles. The van der Waals surface area contributed by atoms with E-state index in [2.05, 4.69) is 0 Å². The maximum atomic E-state index is 12.2. The Kier molecular flexibility index (Phi) is 3.54. The summed E-state index contributed by atoms with van der Waals surface area (Å²) in [7, 11) is 1.64. The highest BCUT2D eigenvalue weighted by Gasteiger charge is 2.40. The largest absolute Gasteiger partial charge is 0.481 e. The molecule has 0 aromatic carbocycles. The Balaban J connectivity index is 2.12. The molecule has 0 radical (unpaired) electrons. The molecule has 18 heavy (non-hydrogen) atoms. The third-order valence-corrected chi connectivity index (χ3v) is 3.82. The van der Waals surface area contributed by atoms with Crippen LogP contribution >= 0.6 is 0 Å². The van der Waals surface area contributed by atoms with Crippen molar-refractivity contribution in [1.82, 2.24) is 9.80 Å². The van der Waals surface area contributed by atoms with Crippen molar-refractivity contribution in [3.63, 3.8) is 0 Å². The highest BCUT2D eigenvalue weighted by atomic mass is 16.4. The van der Waals surface area contributed by atoms with Gasteiger partial charge >= 0.3 is 5.97 Å². The normalized spacial score (nSPS) is 24.9. The Bertz CT molecular complexity index is 378. The first kappa shape index (κ1) is 12.9. The van der Waals surface area contributed by atoms with E-state index in [1.165, 1.54) is 9.80 Å². The summed E-state index contributed by atoms with van der Waals surface area (Å²) in [6.45, 7) is 0.920. The van der Waals surface area contributed by atoms with Crippen LogP contribution in [-0.4, -0.2) is 58.9 Å². The zero-order valence-electron chi connectivity index (χ0n) is 10.5. The summed E-state index contributed by atoms with van der Waals surface area (Å²) in [6.07, 6.45) is 2.46. The topological polar surface area (TPSA) is 77.9 Å². The van der Waals surface area contributed by atoms with Gasteiger partial charge in [0.15, 0.2) is 0 Å². The van der Waals surface area contributed by atoms with Crippen molar-refractivity contribution in [2.75, 3.05) is 20.1 Å². The maximum Gasteiger partial charge on any atom is 0.305 e. The minimum atomic E-state index is -1.05. The molecule has 0 bridgehead atoms. The molecule has 1 saturated carbocycles. The Morgan fingerprint density at radius 1 is 1.33 bits per heavy atom. The van der Waals surface area contributed by atoms with Gasteiger partial charge in [0.25, 0.3) is 0 Å². The number of carboxylic acids is 1. The van der Waals surface area contributed by atoms with Gasteiger partial charge in [0.2, 0.25) is 11.8 Å². The fraction of sp³-hybridized carbons (Fsp3) is 0.750. The van der Waals surface area contributed by atoms with Crippen LogP contribution in [0.1, 0.15) is 25.7 Å². The molecule has 6 heteroatoms. The van der Waals surface area contributed by atoms with Gasteiger partial charge in [-0.3, -0.25) is 14.4 Å². The smallest absolute Gasteiger partial charge is 0.305 e. The van der Waals surface area contributed by atoms with Crippen molar-refractivity contribution >= 4 is 17.8 Å². The van der Waals surface area contributed by atoms with Crippen LogP contribution in [0.25, 0.3) is 0 Å². The number of amides is 2. The van der Waals surface area contributed by atoms with Gasteiger partial charge < -0.3 is 14.9 Å². The lowest BCUT2D eigenvalue weighted by Gasteiger charge is -2.41. The molecular weight excluding hydrogens is 236 g/mol. The van der Waals surface area contributed by atoms with Gasteiger partial charge in [0.05, 0.1) is 6.42 Å². The molecule has 2 fully saturated rings. The molecular formula is C12H18N2O4. The summed E-state index contributed by atoms with van der Waals surface area (Å²) in [4.78, 5) is 38.0. The van der Waals surface area contributed by atoms with E-state index in [0.717, 1.165) is 19.3 Å². The second kappa shape index (κ2) is 4.96. The third kappa shape index (κ3) is 2.32. The van der Waals surface area contributed by atoms with Crippen LogP contribution in [0.15, 0.2) is 0 Å². The first-order valence-electron chi connectivity index (χ1n) is 6.28. The molecule has 1 aliphatic heterocycles. The second-order valence-electron chi connectivity index (χ2n) is 5.03. The number of rotatable bonds is 3. The van der Waals surface area contributed by atoms with Crippen molar-refractivity contribution in [1.29, 1.82) is 0 Å². The predicted octanol–water partition coefficient (Wildman–Crippen LogP) is -0.0696. The average Bonchev–Trinajstić information content (AvgIpc) is 2.22. The predicted molar refractivity (Wildman–Crippen MR) is 62.7 cm³/mol. The highest BCUT2D eigenvalue weighted by molar-refractivity contribution is 5.92. The van der Waals surface area contributed by atoms with E-state index >= 15 is 0 Å². The van der Waals surface area contributed by atoms with Crippen LogP contribution in [0.5, 0.6) is 0 Å². The van der Waals surface area contributed by atoms with E-state index in [9.17, 15) is 14.4 Å². The van der Waals surface area contributed by atoms with Crippen molar-refractivity contribution in [3.8, 4) is 0 Å². The Morgan fingerprint density at radius 3 is 2.50 bits per heavy atom. The molecule has 2 aliphatic rings. The van der Waals surface area contributed by atoms with Crippen LogP contribution in [0.3, 0.4) is 0 Å². The zero-order valence-corrected chi connectivity index (χ0v) is 10.5. The van der Waals surface area contributed by atoms with E-state index in [-0.39, 0.29) is 24.2 Å². The zero-order chi connectivity index (χ0) is 13.3. The molecule has 6 nitrogen and oxygen atoms in total. The fourth-order valence-corrected chi connectivity index (χ4v) is 2.43. The summed E-state index contributed by atoms with van der Waals surface area (Å²) in [5.41, 5.74) is 0. The first-order valence-corrected chi connectivity index (χ1v) is 6.28. The molecule has 2 amide bonds. The van der Waals surface area contributed by atoms with Crippen LogP contribution in [0, 0.1) is 5.92 Å². The van der Waals surface area contributed by atoms with Crippen molar-refractivity contribution < 1.29 is 19.5 Å². The number of carboxylic acid groups (broad SMARTS) is 1. The lowest BCUT2D eigenvalue weighted by Crippen LogP contribution is -2.59. The van der Waals surface area contributed by atoms with Gasteiger partial charge in [-0.2, -0.15) is 0 Å². The summed E-state index contributed by atoms with van der Waals surface area (Å²) in [6, 6.07) is -0.825. The molecule has 2 rings (SSSR count). The summed E-state index contributed by atoms with van der Waals surface area (Å²) in [5.74, 6) is -1.36. The van der Waals surface area contributed by atoms with Gasteiger partial charge in [-0.15, -0.1) is 0 Å². The number of piperazine rings is 1. The maximum absolute atomic E-state index is 12.2. The standard InChI is InChI=1S/C12H18N2O4/c1-13-5-6-14(11(17)8-3-2-4-8)9(12(13)18)7-10(15)16/h8-9H,2-7H2,1H3,(H,15,16). The number of hydrogen-bond donors (Lipinski definition) is 1. The molecule has 1 unspecified atom stereocenters. The van der Waals surface area contributed by atoms with Gasteiger partial charge in [0, 0.05) is 26.1 Å². The van der Waals surface area contributed by atoms with Crippen LogP contribution < -0.4 is 0 Å². The number of carbonyl (C=O) groups excluding carboxylic acids is 2. The van der Waals surface area contributed by atoms with E-state index < -0.39 is 12.0 Å². The van der Waals surface area contributed by atoms with Crippen LogP contribution in [0.4, 0.5) is 0 Å². The molecule has 0 spiro atoms. The lowest BCUT2D eigenvalue weighted by molar-refractivity contribution is -0.157. The van der Waals surface area contributed by atoms with E-state index in [4.69, 9.17) is 5.11 Å². The minimum absolute atomic E-state index is 0.00231. The van der Waals surface area contributed by atoms with Crippen LogP contribution in [-0.2, 0) is 14.4 Å². The van der Waals surface area contributed by atoms with Gasteiger partial charge in [-0.25, -0.2) is 0 Å². The molecule has 100 valence electrons. The van der Waals surface area contributed by atoms with E-state index in [0.29, 0.717) is 13.1 Å². The first-order chi connectivity index (χ1) is 8.50. The van der Waals surface area contributed by atoms with Gasteiger partial charge in [-0.1, -0.05) is 6.42 Å². The Labute approximate surface area is 106 Å². The lowest BCUT2D eigenvalue weighted by atomic mass is 9.83. The molecule has 1 N–H and O–H groups in total. The van der Waals surface area contributed by atoms with Gasteiger partial charge in [-0.05, 0) is 12.8 Å². The monoisotopic (exact) mass is 254 g/mol. The number of hydrogen-bond acceptors (Lipinski definition) is 3.